The van der Waals surface area contributed by atoms with E-state index in [0.29, 0.717) is 18.9 Å². The minimum absolute atomic E-state index is 0. The van der Waals surface area contributed by atoms with Gasteiger partial charge in [0, 0.05) is 20.7 Å². The molecule has 12 heteroatoms. The predicted molar refractivity (Wildman–Crippen MR) is 80.7 cm³/mol. The molecule has 0 amide bonds. The highest BCUT2D eigenvalue weighted by Crippen LogP contribution is 2.40. The summed E-state index contributed by atoms with van der Waals surface area (Å²) in [6.07, 6.45) is 2.12. The summed E-state index contributed by atoms with van der Waals surface area (Å²) in [5.41, 5.74) is -2.12. The first-order valence-corrected chi connectivity index (χ1v) is 6.56. The lowest BCUT2D eigenvalue weighted by molar-refractivity contribution is -0.0516. The highest BCUT2D eigenvalue weighted by atomic mass is 19.3. The fourth-order valence-corrected chi connectivity index (χ4v) is 2.42. The molecule has 1 N–H and O–H groups in total. The molecule has 1 aromatic carbocycles. The van der Waals surface area contributed by atoms with Gasteiger partial charge in [-0.3, -0.25) is 14.2 Å². The van der Waals surface area contributed by atoms with E-state index in [1.165, 1.54) is 4.57 Å². The number of fused-ring (bicyclic) bond motifs is 1. The average molecular weight is 382 g/mol. The Morgan fingerprint density at radius 2 is 1.85 bits per heavy atom. The number of aromatic nitrogens is 1. The molecule has 141 valence electrons. The number of carboxylic acid groups (broad SMARTS) is 1. The molecule has 1 aliphatic carbocycles. The van der Waals surface area contributed by atoms with Gasteiger partial charge in [-0.1, -0.05) is 0 Å². The molecule has 0 atom stereocenters. The fraction of sp³-hybridized carbons (Fsp3) is 0.286. The molecule has 1 saturated carbocycles. The highest BCUT2D eigenvalue weighted by Gasteiger charge is 2.31. The Balaban J connectivity index is 0.00000208. The second-order valence-corrected chi connectivity index (χ2v) is 5.09. The number of halogens is 6. The van der Waals surface area contributed by atoms with Crippen LogP contribution in [0.25, 0.3) is 10.9 Å². The van der Waals surface area contributed by atoms with Crippen molar-refractivity contribution in [2.45, 2.75) is 25.5 Å². The Hall–Kier alpha value is -2.66. The molecule has 0 aliphatic heterocycles. The molecule has 2 aromatic rings. The van der Waals surface area contributed by atoms with Crippen molar-refractivity contribution in [3.8, 4) is 5.75 Å². The fourth-order valence-electron chi connectivity index (χ4n) is 2.42. The molecule has 5 nitrogen and oxygen atoms in total. The molecule has 1 aromatic heterocycles. The van der Waals surface area contributed by atoms with E-state index in [4.69, 9.17) is 5.11 Å². The van der Waals surface area contributed by atoms with E-state index in [1.54, 1.807) is 0 Å². The van der Waals surface area contributed by atoms with Crippen LogP contribution in [0.3, 0.4) is 0 Å². The van der Waals surface area contributed by atoms with E-state index >= 15 is 0 Å². The smallest absolute Gasteiger partial charge is 0.387 e. The average Bonchev–Trinajstić information content (AvgIpc) is 3.28. The summed E-state index contributed by atoms with van der Waals surface area (Å²) in [7, 11) is 0. The summed E-state index contributed by atoms with van der Waals surface area (Å²) in [6, 6.07) is 0.206. The van der Waals surface area contributed by atoms with Gasteiger partial charge in [-0.05, 0) is 18.9 Å². The van der Waals surface area contributed by atoms with Crippen molar-refractivity contribution in [3.63, 3.8) is 0 Å². The quantitative estimate of drug-likeness (QED) is 0.653. The highest BCUT2D eigenvalue weighted by molar-refractivity contribution is 5.94. The van der Waals surface area contributed by atoms with E-state index in [0.717, 1.165) is 6.20 Å². The molecule has 0 unspecified atom stereocenters. The van der Waals surface area contributed by atoms with Crippen LogP contribution < -0.4 is 10.2 Å². The molecule has 1 heterocycles. The van der Waals surface area contributed by atoms with Crippen molar-refractivity contribution in [2.24, 2.45) is 0 Å². The lowest BCUT2D eigenvalue weighted by Gasteiger charge is -2.16. The van der Waals surface area contributed by atoms with Crippen LogP contribution in [0.1, 0.15) is 29.2 Å². The number of pyridine rings is 1. The Morgan fingerprint density at radius 3 is 2.31 bits per heavy atom. The van der Waals surface area contributed by atoms with Crippen LogP contribution in [0.15, 0.2) is 17.1 Å². The van der Waals surface area contributed by atoms with Crippen LogP contribution in [0.5, 0.6) is 5.75 Å². The van der Waals surface area contributed by atoms with Gasteiger partial charge in [0.25, 0.3) is 0 Å². The number of nitrogens with zero attached hydrogens (tertiary/aromatic N) is 1. The molecule has 3 radical (unpaired) electrons. The largest absolute Gasteiger partial charge is 0.477 e. The minimum Gasteiger partial charge on any atom is -0.477 e. The molecule has 0 saturated heterocycles. The van der Waals surface area contributed by atoms with Crippen molar-refractivity contribution in [3.05, 3.63) is 39.7 Å². The van der Waals surface area contributed by atoms with Crippen molar-refractivity contribution >= 4 is 25.3 Å². The maximum absolute atomic E-state index is 13.9. The predicted octanol–water partition coefficient (Wildman–Crippen LogP) is 2.84. The third-order valence-electron chi connectivity index (χ3n) is 3.54. The van der Waals surface area contributed by atoms with Gasteiger partial charge >= 0.3 is 12.6 Å². The SMILES string of the molecule is F.F.O=C(O)c1cn(C2CC2)c2c(OC(F)F)c(F)c(F)cc2c1=O.[B]. The van der Waals surface area contributed by atoms with Gasteiger partial charge in [-0.2, -0.15) is 13.2 Å². The van der Waals surface area contributed by atoms with E-state index in [-0.39, 0.29) is 29.4 Å². The third kappa shape index (κ3) is 3.78. The zero-order valence-electron chi connectivity index (χ0n) is 12.7. The zero-order valence-corrected chi connectivity index (χ0v) is 12.7. The minimum atomic E-state index is -3.43. The van der Waals surface area contributed by atoms with E-state index in [1.807, 2.05) is 0 Å². The van der Waals surface area contributed by atoms with Crippen molar-refractivity contribution in [1.82, 2.24) is 4.57 Å². The maximum atomic E-state index is 13.9. The van der Waals surface area contributed by atoms with Gasteiger partial charge in [0.1, 0.15) is 5.56 Å². The number of rotatable bonds is 4. The molecule has 1 aliphatic rings. The zero-order chi connectivity index (χ0) is 16.9. The van der Waals surface area contributed by atoms with Crippen LogP contribution in [0, 0.1) is 11.6 Å². The van der Waals surface area contributed by atoms with Crippen LogP contribution in [0.4, 0.5) is 27.0 Å². The Kier molecular flexibility index (Phi) is 7.32. The lowest BCUT2D eigenvalue weighted by atomic mass is 10.1. The van der Waals surface area contributed by atoms with Gasteiger partial charge in [0.15, 0.2) is 11.6 Å². The molecule has 0 bridgehead atoms. The van der Waals surface area contributed by atoms with Crippen LogP contribution >= 0.6 is 0 Å². The summed E-state index contributed by atoms with van der Waals surface area (Å²) in [5, 5.41) is 8.54. The Bertz CT molecular complexity index is 884. The molecular formula is C14H11BF6NO4. The Morgan fingerprint density at radius 1 is 1.27 bits per heavy atom. The van der Waals surface area contributed by atoms with Crippen molar-refractivity contribution in [2.75, 3.05) is 0 Å². The first kappa shape index (κ1) is 23.3. The number of hydrogen-bond acceptors (Lipinski definition) is 3. The number of carboxylic acids is 1. The van der Waals surface area contributed by atoms with Crippen molar-refractivity contribution in [1.29, 1.82) is 0 Å². The van der Waals surface area contributed by atoms with Gasteiger partial charge in [-0.15, -0.1) is 0 Å². The third-order valence-corrected chi connectivity index (χ3v) is 3.54. The lowest BCUT2D eigenvalue weighted by Crippen LogP contribution is -2.20. The van der Waals surface area contributed by atoms with Crippen LogP contribution in [-0.4, -0.2) is 30.7 Å². The van der Waals surface area contributed by atoms with E-state index in [2.05, 4.69) is 4.74 Å². The van der Waals surface area contributed by atoms with E-state index in [9.17, 15) is 27.2 Å². The summed E-state index contributed by atoms with van der Waals surface area (Å²) in [6.45, 7) is -3.43. The molecule has 26 heavy (non-hydrogen) atoms. The van der Waals surface area contributed by atoms with Crippen LogP contribution in [0.2, 0.25) is 0 Å². The molecular weight excluding hydrogens is 371 g/mol. The second-order valence-electron chi connectivity index (χ2n) is 5.09. The summed E-state index contributed by atoms with van der Waals surface area (Å²) < 4.78 is 57.8. The number of hydrogen-bond donors (Lipinski definition) is 1. The normalized spacial score (nSPS) is 12.8. The molecule has 1 fully saturated rings. The van der Waals surface area contributed by atoms with Gasteiger partial charge in [0.05, 0.1) is 10.9 Å². The van der Waals surface area contributed by atoms with Crippen LogP contribution in [-0.2, 0) is 0 Å². The van der Waals surface area contributed by atoms with Gasteiger partial charge in [-0.25, -0.2) is 9.18 Å². The standard InChI is InChI=1S/C14H9F4NO4.B.2FH/c15-8-3-6-10(12(9(8)16)23-14(17)18)19(5-1-2-5)4-7(11(6)20)13(21)22;;;/h3-5,14H,1-2H2,(H,21,22);;2*1H. The number of benzene rings is 1. The van der Waals surface area contributed by atoms with Gasteiger partial charge in [0.2, 0.25) is 11.2 Å². The monoisotopic (exact) mass is 382 g/mol. The first-order valence-electron chi connectivity index (χ1n) is 6.56. The summed E-state index contributed by atoms with van der Waals surface area (Å²) >= 11 is 0. The molecule has 3 rings (SSSR count). The Labute approximate surface area is 143 Å². The van der Waals surface area contributed by atoms with Gasteiger partial charge < -0.3 is 14.4 Å². The number of ether oxygens (including phenoxy) is 1. The van der Waals surface area contributed by atoms with E-state index < -0.39 is 46.3 Å². The molecule has 0 spiro atoms. The number of carbonyl (C=O) groups is 1. The number of aromatic carboxylic acids is 1. The summed E-state index contributed by atoms with van der Waals surface area (Å²) in [4.78, 5) is 23.3. The first-order chi connectivity index (χ1) is 10.8. The van der Waals surface area contributed by atoms with Crippen molar-refractivity contribution < 1.29 is 41.6 Å². The topological polar surface area (TPSA) is 68.5 Å². The maximum Gasteiger partial charge on any atom is 0.387 e. The number of alkyl halides is 2. The summed E-state index contributed by atoms with van der Waals surface area (Å²) in [5.74, 6) is -5.88. The second kappa shape index (κ2) is 8.15.